The Labute approximate surface area is 172 Å². The standard InChI is InChI=1S/C23H30N2O4/c1-15(24-16(2)26)23-20-13-22(29-5)21(28-4)12-18(20)10-11-25(23)14-17-6-8-19(27-3)9-7-17/h6-9,12-13,15,23H,10-11,14H2,1-5H3,(H,24,26)/p+1/t15-,23+/m0/s1. The number of rotatable bonds is 7. The van der Waals surface area contributed by atoms with Crippen molar-refractivity contribution in [2.45, 2.75) is 38.9 Å². The van der Waals surface area contributed by atoms with Crippen molar-refractivity contribution in [3.63, 3.8) is 0 Å². The predicted molar refractivity (Wildman–Crippen MR) is 112 cm³/mol. The second-order valence-electron chi connectivity index (χ2n) is 7.56. The first-order valence-electron chi connectivity index (χ1n) is 9.96. The molecule has 1 unspecified atom stereocenters. The maximum absolute atomic E-state index is 11.8. The van der Waals surface area contributed by atoms with E-state index in [2.05, 4.69) is 36.5 Å². The third-order valence-electron chi connectivity index (χ3n) is 5.66. The lowest BCUT2D eigenvalue weighted by atomic mass is 9.87. The molecule has 0 saturated carbocycles. The van der Waals surface area contributed by atoms with Gasteiger partial charge in [-0.05, 0) is 48.9 Å². The molecule has 1 aliphatic rings. The summed E-state index contributed by atoms with van der Waals surface area (Å²) in [6.45, 7) is 5.49. The smallest absolute Gasteiger partial charge is 0.217 e. The van der Waals surface area contributed by atoms with Crippen molar-refractivity contribution in [1.82, 2.24) is 5.32 Å². The minimum absolute atomic E-state index is 0.0158. The lowest BCUT2D eigenvalue weighted by Gasteiger charge is -2.38. The van der Waals surface area contributed by atoms with Gasteiger partial charge in [-0.2, -0.15) is 0 Å². The zero-order chi connectivity index (χ0) is 21.0. The summed E-state index contributed by atoms with van der Waals surface area (Å²) in [7, 11) is 4.99. The highest BCUT2D eigenvalue weighted by atomic mass is 16.5. The van der Waals surface area contributed by atoms with Crippen LogP contribution in [0.2, 0.25) is 0 Å². The van der Waals surface area contributed by atoms with E-state index in [0.717, 1.165) is 36.8 Å². The molecule has 1 aliphatic heterocycles. The van der Waals surface area contributed by atoms with Gasteiger partial charge in [0.25, 0.3) is 0 Å². The van der Waals surface area contributed by atoms with Gasteiger partial charge in [-0.3, -0.25) is 4.79 Å². The third-order valence-corrected chi connectivity index (χ3v) is 5.66. The molecule has 2 aromatic rings. The van der Waals surface area contributed by atoms with Gasteiger partial charge in [0, 0.05) is 24.5 Å². The second kappa shape index (κ2) is 9.18. The fourth-order valence-electron chi connectivity index (χ4n) is 4.34. The van der Waals surface area contributed by atoms with Crippen LogP contribution in [-0.4, -0.2) is 39.8 Å². The van der Waals surface area contributed by atoms with Gasteiger partial charge in [0.05, 0.1) is 33.9 Å². The largest absolute Gasteiger partial charge is 0.497 e. The van der Waals surface area contributed by atoms with Crippen LogP contribution in [-0.2, 0) is 17.8 Å². The first-order chi connectivity index (χ1) is 14.0. The lowest BCUT2D eigenvalue weighted by Crippen LogP contribution is -3.13. The van der Waals surface area contributed by atoms with Gasteiger partial charge >= 0.3 is 0 Å². The molecular weight excluding hydrogens is 368 g/mol. The van der Waals surface area contributed by atoms with E-state index in [-0.39, 0.29) is 18.0 Å². The Bertz CT molecular complexity index is 851. The molecule has 2 aromatic carbocycles. The minimum atomic E-state index is -0.0195. The van der Waals surface area contributed by atoms with Gasteiger partial charge in [-0.1, -0.05) is 0 Å². The van der Waals surface area contributed by atoms with E-state index in [4.69, 9.17) is 14.2 Å². The number of ether oxygens (including phenoxy) is 3. The maximum atomic E-state index is 11.8. The topological polar surface area (TPSA) is 61.2 Å². The van der Waals surface area contributed by atoms with Crippen LogP contribution in [0.3, 0.4) is 0 Å². The van der Waals surface area contributed by atoms with Gasteiger partial charge in [-0.15, -0.1) is 0 Å². The van der Waals surface area contributed by atoms with Gasteiger partial charge in [0.2, 0.25) is 5.91 Å². The van der Waals surface area contributed by atoms with Crippen LogP contribution in [0.1, 0.15) is 36.6 Å². The molecule has 1 amide bonds. The highest BCUT2D eigenvalue weighted by Gasteiger charge is 2.36. The number of benzene rings is 2. The molecule has 0 radical (unpaired) electrons. The SMILES string of the molecule is COc1ccc(C[NH+]2CCc3cc(OC)c(OC)cc3[C@H]2[C@H](C)NC(C)=O)cc1. The normalized spacial score (nSPS) is 19.1. The van der Waals surface area contributed by atoms with E-state index < -0.39 is 0 Å². The molecule has 6 nitrogen and oxygen atoms in total. The Morgan fingerprint density at radius 3 is 2.34 bits per heavy atom. The highest BCUT2D eigenvalue weighted by molar-refractivity contribution is 5.73. The van der Waals surface area contributed by atoms with E-state index in [0.29, 0.717) is 0 Å². The Morgan fingerprint density at radius 2 is 1.76 bits per heavy atom. The average Bonchev–Trinajstić information content (AvgIpc) is 2.72. The molecule has 1 heterocycles. The Morgan fingerprint density at radius 1 is 1.10 bits per heavy atom. The summed E-state index contributed by atoms with van der Waals surface area (Å²) < 4.78 is 16.3. The lowest BCUT2D eigenvalue weighted by molar-refractivity contribution is -0.948. The molecule has 3 atom stereocenters. The van der Waals surface area contributed by atoms with Crippen LogP contribution >= 0.6 is 0 Å². The average molecular weight is 400 g/mol. The zero-order valence-corrected chi connectivity index (χ0v) is 17.9. The minimum Gasteiger partial charge on any atom is -0.497 e. The monoisotopic (exact) mass is 399 g/mol. The Balaban J connectivity index is 1.96. The number of amides is 1. The molecule has 29 heavy (non-hydrogen) atoms. The zero-order valence-electron chi connectivity index (χ0n) is 17.9. The van der Waals surface area contributed by atoms with E-state index in [1.165, 1.54) is 21.6 Å². The molecule has 2 N–H and O–H groups in total. The van der Waals surface area contributed by atoms with Crippen molar-refractivity contribution in [2.75, 3.05) is 27.9 Å². The Hall–Kier alpha value is -2.73. The number of nitrogens with one attached hydrogen (secondary N) is 2. The molecule has 0 spiro atoms. The van der Waals surface area contributed by atoms with Crippen molar-refractivity contribution in [1.29, 1.82) is 0 Å². The van der Waals surface area contributed by atoms with Crippen LogP contribution in [0, 0.1) is 0 Å². The van der Waals surface area contributed by atoms with Gasteiger partial charge in [-0.25, -0.2) is 0 Å². The second-order valence-corrected chi connectivity index (χ2v) is 7.56. The summed E-state index contributed by atoms with van der Waals surface area (Å²) >= 11 is 0. The number of hydrogen-bond acceptors (Lipinski definition) is 4. The first kappa shape index (κ1) is 21.0. The van der Waals surface area contributed by atoms with Crippen molar-refractivity contribution >= 4 is 5.91 Å². The van der Waals surface area contributed by atoms with Crippen LogP contribution < -0.4 is 24.4 Å². The van der Waals surface area contributed by atoms with Gasteiger partial charge in [0.15, 0.2) is 11.5 Å². The third kappa shape index (κ3) is 4.65. The maximum Gasteiger partial charge on any atom is 0.217 e. The molecule has 156 valence electrons. The molecular formula is C23H31N2O4+. The van der Waals surface area contributed by atoms with Crippen LogP contribution in [0.15, 0.2) is 36.4 Å². The predicted octanol–water partition coefficient (Wildman–Crippen LogP) is 1.92. The molecule has 6 heteroatoms. The number of methoxy groups -OCH3 is 3. The Kier molecular flexibility index (Phi) is 6.64. The highest BCUT2D eigenvalue weighted by Crippen LogP contribution is 2.35. The number of fused-ring (bicyclic) bond motifs is 1. The number of carbonyl (C=O) groups is 1. The number of hydrogen-bond donors (Lipinski definition) is 2. The van der Waals surface area contributed by atoms with E-state index >= 15 is 0 Å². The molecule has 0 bridgehead atoms. The van der Waals surface area contributed by atoms with Crippen molar-refractivity contribution in [2.24, 2.45) is 0 Å². The van der Waals surface area contributed by atoms with Crippen molar-refractivity contribution in [3.05, 3.63) is 53.1 Å². The van der Waals surface area contributed by atoms with Gasteiger partial charge in [0.1, 0.15) is 18.3 Å². The van der Waals surface area contributed by atoms with Crippen molar-refractivity contribution < 1.29 is 23.9 Å². The van der Waals surface area contributed by atoms with Crippen molar-refractivity contribution in [3.8, 4) is 17.2 Å². The summed E-state index contributed by atoms with van der Waals surface area (Å²) in [4.78, 5) is 13.2. The van der Waals surface area contributed by atoms with Crippen LogP contribution in [0.4, 0.5) is 0 Å². The van der Waals surface area contributed by atoms with Crippen LogP contribution in [0.25, 0.3) is 0 Å². The van der Waals surface area contributed by atoms with E-state index in [9.17, 15) is 4.79 Å². The molecule has 0 fully saturated rings. The summed E-state index contributed by atoms with van der Waals surface area (Å²) in [5.41, 5.74) is 3.70. The summed E-state index contributed by atoms with van der Waals surface area (Å²) in [5.74, 6) is 2.30. The number of carbonyl (C=O) groups excluding carboxylic acids is 1. The van der Waals surface area contributed by atoms with Gasteiger partial charge < -0.3 is 24.4 Å². The fraction of sp³-hybridized carbons (Fsp3) is 0.435. The molecule has 0 aliphatic carbocycles. The summed E-state index contributed by atoms with van der Waals surface area (Å²) in [6.07, 6.45) is 0.949. The van der Waals surface area contributed by atoms with E-state index in [1.54, 1.807) is 28.3 Å². The molecule has 3 rings (SSSR count). The first-order valence-corrected chi connectivity index (χ1v) is 9.96. The quantitative estimate of drug-likeness (QED) is 0.747. The summed E-state index contributed by atoms with van der Waals surface area (Å²) in [6, 6.07) is 12.4. The fourth-order valence-corrected chi connectivity index (χ4v) is 4.34. The number of quaternary nitrogens is 1. The summed E-state index contributed by atoms with van der Waals surface area (Å²) in [5, 5.41) is 3.10. The van der Waals surface area contributed by atoms with Crippen LogP contribution in [0.5, 0.6) is 17.2 Å². The molecule has 0 saturated heterocycles. The molecule has 0 aromatic heterocycles. The van der Waals surface area contributed by atoms with E-state index in [1.807, 2.05) is 12.1 Å².